The maximum absolute atomic E-state index is 12.3. The van der Waals surface area contributed by atoms with Crippen LogP contribution in [0.2, 0.25) is 0 Å². The number of carbonyl (C=O) groups excluding carboxylic acids is 1. The second kappa shape index (κ2) is 5.53. The van der Waals surface area contributed by atoms with Crippen LogP contribution in [0.5, 0.6) is 0 Å². The van der Waals surface area contributed by atoms with Crippen LogP contribution in [0.1, 0.15) is 51.0 Å². The molecule has 1 atom stereocenters. The summed E-state index contributed by atoms with van der Waals surface area (Å²) < 4.78 is 7.37. The van der Waals surface area contributed by atoms with Gasteiger partial charge >= 0.3 is 6.09 Å². The van der Waals surface area contributed by atoms with E-state index in [2.05, 4.69) is 10.3 Å². The minimum atomic E-state index is -0.555. The number of nitrogens with zero attached hydrogens (tertiary/aromatic N) is 4. The van der Waals surface area contributed by atoms with Gasteiger partial charge in [0.2, 0.25) is 0 Å². The summed E-state index contributed by atoms with van der Waals surface area (Å²) in [5.41, 5.74) is 1.20. The summed E-state index contributed by atoms with van der Waals surface area (Å²) in [5.74, 6) is 0.710. The Bertz CT molecular complexity index is 560. The van der Waals surface area contributed by atoms with Crippen molar-refractivity contribution in [2.45, 2.75) is 58.2 Å². The standard InChI is InChI=1S/C15H24N4O3/c1-15(2,3)22-14(21)18-7-6-11-13(12(18)9-20)16-17-19(11)8-10-4-5-10/h10,12,20H,4-9H2,1-3H3/t12-/m1/s1. The Morgan fingerprint density at radius 3 is 2.73 bits per heavy atom. The van der Waals surface area contributed by atoms with Gasteiger partial charge < -0.3 is 9.84 Å². The smallest absolute Gasteiger partial charge is 0.410 e. The van der Waals surface area contributed by atoms with Gasteiger partial charge in [0, 0.05) is 19.5 Å². The number of hydrogen-bond acceptors (Lipinski definition) is 5. The number of aliphatic hydroxyl groups is 1. The van der Waals surface area contributed by atoms with Crippen LogP contribution in [-0.2, 0) is 17.7 Å². The molecule has 3 rings (SSSR count). The summed E-state index contributed by atoms with van der Waals surface area (Å²) in [5, 5.41) is 18.2. The molecule has 1 amide bonds. The molecule has 7 heteroatoms. The molecule has 0 bridgehead atoms. The van der Waals surface area contributed by atoms with Gasteiger partial charge in [0.25, 0.3) is 0 Å². The average molecular weight is 308 g/mol. The summed E-state index contributed by atoms with van der Waals surface area (Å²) in [4.78, 5) is 13.9. The molecule has 1 N–H and O–H groups in total. The van der Waals surface area contributed by atoms with Gasteiger partial charge in [-0.25, -0.2) is 9.48 Å². The van der Waals surface area contributed by atoms with Crippen LogP contribution in [0.25, 0.3) is 0 Å². The molecule has 2 heterocycles. The minimum absolute atomic E-state index is 0.172. The Hall–Kier alpha value is -1.63. The Balaban J connectivity index is 1.79. The van der Waals surface area contributed by atoms with Crippen molar-refractivity contribution in [3.63, 3.8) is 0 Å². The Morgan fingerprint density at radius 1 is 1.41 bits per heavy atom. The second-order valence-corrected chi connectivity index (χ2v) is 7.17. The number of amides is 1. The number of fused-ring (bicyclic) bond motifs is 1. The van der Waals surface area contributed by atoms with Crippen LogP contribution in [0.3, 0.4) is 0 Å². The minimum Gasteiger partial charge on any atom is -0.444 e. The molecule has 1 aliphatic heterocycles. The molecule has 2 aliphatic rings. The SMILES string of the molecule is CC(C)(C)OC(=O)N1CCc2c(nnn2CC2CC2)[C@H]1CO. The molecule has 1 aromatic rings. The van der Waals surface area contributed by atoms with Crippen molar-refractivity contribution in [2.75, 3.05) is 13.2 Å². The van der Waals surface area contributed by atoms with Crippen LogP contribution in [0.15, 0.2) is 0 Å². The lowest BCUT2D eigenvalue weighted by Gasteiger charge is -2.35. The second-order valence-electron chi connectivity index (χ2n) is 7.17. The number of aromatic nitrogens is 3. The normalized spacial score (nSPS) is 21.6. The molecule has 0 aromatic carbocycles. The van der Waals surface area contributed by atoms with Crippen LogP contribution in [-0.4, -0.2) is 49.8 Å². The lowest BCUT2D eigenvalue weighted by atomic mass is 10.0. The molecule has 122 valence electrons. The third-order valence-electron chi connectivity index (χ3n) is 4.08. The van der Waals surface area contributed by atoms with E-state index in [1.807, 2.05) is 25.5 Å². The molecular weight excluding hydrogens is 284 g/mol. The highest BCUT2D eigenvalue weighted by Gasteiger charge is 2.37. The summed E-state index contributed by atoms with van der Waals surface area (Å²) in [6, 6.07) is -0.466. The highest BCUT2D eigenvalue weighted by Crippen LogP contribution is 2.33. The van der Waals surface area contributed by atoms with Crippen LogP contribution in [0, 0.1) is 5.92 Å². The first-order chi connectivity index (χ1) is 10.4. The zero-order chi connectivity index (χ0) is 15.9. The quantitative estimate of drug-likeness (QED) is 0.915. The number of rotatable bonds is 3. The summed E-state index contributed by atoms with van der Waals surface area (Å²) >= 11 is 0. The molecular formula is C15H24N4O3. The van der Waals surface area contributed by atoms with E-state index in [-0.39, 0.29) is 6.61 Å². The zero-order valence-corrected chi connectivity index (χ0v) is 13.4. The maximum atomic E-state index is 12.3. The summed E-state index contributed by atoms with van der Waals surface area (Å²) in [6.45, 7) is 6.74. The van der Waals surface area contributed by atoms with Gasteiger partial charge in [-0.1, -0.05) is 5.21 Å². The molecule has 7 nitrogen and oxygen atoms in total. The van der Waals surface area contributed by atoms with E-state index < -0.39 is 17.7 Å². The van der Waals surface area contributed by atoms with Gasteiger partial charge in [-0.3, -0.25) is 4.90 Å². The zero-order valence-electron chi connectivity index (χ0n) is 13.4. The van der Waals surface area contributed by atoms with E-state index >= 15 is 0 Å². The summed E-state index contributed by atoms with van der Waals surface area (Å²) in [6.07, 6.45) is 2.79. The number of hydrogen-bond donors (Lipinski definition) is 1. The monoisotopic (exact) mass is 308 g/mol. The highest BCUT2D eigenvalue weighted by molar-refractivity contribution is 5.69. The van der Waals surface area contributed by atoms with Gasteiger partial charge in [-0.2, -0.15) is 0 Å². The topological polar surface area (TPSA) is 80.5 Å². The van der Waals surface area contributed by atoms with Crippen molar-refractivity contribution in [2.24, 2.45) is 5.92 Å². The van der Waals surface area contributed by atoms with Crippen molar-refractivity contribution >= 4 is 6.09 Å². The lowest BCUT2D eigenvalue weighted by Crippen LogP contribution is -2.44. The van der Waals surface area contributed by atoms with E-state index in [0.717, 1.165) is 12.2 Å². The average Bonchev–Trinajstić information content (AvgIpc) is 3.15. The fraction of sp³-hybridized carbons (Fsp3) is 0.800. The predicted molar refractivity (Wildman–Crippen MR) is 79.2 cm³/mol. The van der Waals surface area contributed by atoms with Gasteiger partial charge in [-0.15, -0.1) is 5.10 Å². The molecule has 1 aliphatic carbocycles. The molecule has 1 saturated carbocycles. The molecule has 0 radical (unpaired) electrons. The maximum Gasteiger partial charge on any atom is 0.410 e. The lowest BCUT2D eigenvalue weighted by molar-refractivity contribution is 0.00611. The van der Waals surface area contributed by atoms with Crippen molar-refractivity contribution in [3.05, 3.63) is 11.4 Å². The van der Waals surface area contributed by atoms with Crippen molar-refractivity contribution in [1.29, 1.82) is 0 Å². The van der Waals surface area contributed by atoms with Crippen molar-refractivity contribution in [1.82, 2.24) is 19.9 Å². The molecule has 0 saturated heterocycles. The molecule has 1 aromatic heterocycles. The van der Waals surface area contributed by atoms with E-state index in [0.29, 0.717) is 24.6 Å². The molecule has 0 unspecified atom stereocenters. The Labute approximate surface area is 130 Å². The van der Waals surface area contributed by atoms with E-state index in [4.69, 9.17) is 4.74 Å². The number of carbonyl (C=O) groups is 1. The molecule has 1 fully saturated rings. The fourth-order valence-corrected chi connectivity index (χ4v) is 2.81. The van der Waals surface area contributed by atoms with Crippen LogP contribution >= 0.6 is 0 Å². The van der Waals surface area contributed by atoms with Crippen LogP contribution in [0.4, 0.5) is 4.79 Å². The first-order valence-electron chi connectivity index (χ1n) is 7.92. The van der Waals surface area contributed by atoms with Gasteiger partial charge in [-0.05, 0) is 39.5 Å². The van der Waals surface area contributed by atoms with E-state index in [9.17, 15) is 9.90 Å². The number of aliphatic hydroxyl groups excluding tert-OH is 1. The first-order valence-corrected chi connectivity index (χ1v) is 7.92. The predicted octanol–water partition coefficient (Wildman–Crippen LogP) is 1.51. The van der Waals surface area contributed by atoms with E-state index in [1.54, 1.807) is 4.90 Å². The Kier molecular flexibility index (Phi) is 3.84. The highest BCUT2D eigenvalue weighted by atomic mass is 16.6. The molecule has 0 spiro atoms. The van der Waals surface area contributed by atoms with Crippen molar-refractivity contribution in [3.8, 4) is 0 Å². The van der Waals surface area contributed by atoms with E-state index in [1.165, 1.54) is 12.8 Å². The first kappa shape index (κ1) is 15.3. The fourth-order valence-electron chi connectivity index (χ4n) is 2.81. The third kappa shape index (κ3) is 3.09. The van der Waals surface area contributed by atoms with Gasteiger partial charge in [0.05, 0.1) is 12.3 Å². The van der Waals surface area contributed by atoms with Gasteiger partial charge in [0.1, 0.15) is 17.3 Å². The molecule has 22 heavy (non-hydrogen) atoms. The van der Waals surface area contributed by atoms with Crippen LogP contribution < -0.4 is 0 Å². The Morgan fingerprint density at radius 2 is 2.14 bits per heavy atom. The summed E-state index contributed by atoms with van der Waals surface area (Å²) in [7, 11) is 0. The van der Waals surface area contributed by atoms with Crippen molar-refractivity contribution < 1.29 is 14.6 Å². The number of ether oxygens (including phenoxy) is 1. The third-order valence-corrected chi connectivity index (χ3v) is 4.08. The largest absolute Gasteiger partial charge is 0.444 e. The van der Waals surface area contributed by atoms with Gasteiger partial charge in [0.15, 0.2) is 0 Å².